The lowest BCUT2D eigenvalue weighted by molar-refractivity contribution is 0.413. The molecule has 2 aromatic heterocycles. The van der Waals surface area contributed by atoms with Gasteiger partial charge in [0.2, 0.25) is 5.95 Å². The molecule has 0 amide bonds. The zero-order valence-corrected chi connectivity index (χ0v) is 21.7. The second-order valence-electron chi connectivity index (χ2n) is 8.98. The van der Waals surface area contributed by atoms with Crippen LogP contribution in [0.4, 0.5) is 31.8 Å². The summed E-state index contributed by atoms with van der Waals surface area (Å²) in [5, 5.41) is 3.57. The van der Waals surface area contributed by atoms with Crippen molar-refractivity contribution in [1.82, 2.24) is 19.4 Å². The van der Waals surface area contributed by atoms with Crippen LogP contribution in [-0.4, -0.2) is 60.8 Å². The van der Waals surface area contributed by atoms with E-state index in [2.05, 4.69) is 20.2 Å². The van der Waals surface area contributed by atoms with Gasteiger partial charge < -0.3 is 30.3 Å². The minimum atomic E-state index is -0.925. The summed E-state index contributed by atoms with van der Waals surface area (Å²) in [6, 6.07) is 7.81. The predicted molar refractivity (Wildman–Crippen MR) is 144 cm³/mol. The highest BCUT2D eigenvalue weighted by Gasteiger charge is 2.16. The Balaban J connectivity index is 1.63. The number of likely N-dealkylation sites (N-methyl/N-ethyl adjacent to an activating group) is 2. The SMILES string of the molecule is COc1cc(N(C)CCN(C)C)c(N)cc1Nc1ncc2cc(Oc3ccc(F)cc3F)c(=O)n(C)c2n1. The molecule has 38 heavy (non-hydrogen) atoms. The summed E-state index contributed by atoms with van der Waals surface area (Å²) in [5.41, 5.74) is 8.00. The van der Waals surface area contributed by atoms with Gasteiger partial charge in [-0.2, -0.15) is 4.98 Å². The van der Waals surface area contributed by atoms with Crippen LogP contribution in [-0.2, 0) is 7.05 Å². The highest BCUT2D eigenvalue weighted by atomic mass is 19.1. The Morgan fingerprint density at radius 1 is 1.05 bits per heavy atom. The summed E-state index contributed by atoms with van der Waals surface area (Å²) in [6.45, 7) is 1.63. The molecule has 0 aliphatic carbocycles. The van der Waals surface area contributed by atoms with Crippen LogP contribution in [0.25, 0.3) is 11.0 Å². The molecular weight excluding hydrogens is 496 g/mol. The van der Waals surface area contributed by atoms with E-state index >= 15 is 0 Å². The number of nitrogen functional groups attached to an aromatic ring is 1. The average Bonchev–Trinajstić information content (AvgIpc) is 2.87. The first-order chi connectivity index (χ1) is 18.1. The van der Waals surface area contributed by atoms with Gasteiger partial charge >= 0.3 is 0 Å². The maximum absolute atomic E-state index is 14.0. The lowest BCUT2D eigenvalue weighted by Gasteiger charge is -2.24. The van der Waals surface area contributed by atoms with E-state index in [1.807, 2.05) is 32.1 Å². The Morgan fingerprint density at radius 3 is 2.50 bits per heavy atom. The summed E-state index contributed by atoms with van der Waals surface area (Å²) in [4.78, 5) is 25.8. The zero-order valence-electron chi connectivity index (χ0n) is 21.7. The van der Waals surface area contributed by atoms with Crippen molar-refractivity contribution in [2.75, 3.05) is 57.3 Å². The van der Waals surface area contributed by atoms with Crippen LogP contribution in [0, 0.1) is 11.6 Å². The van der Waals surface area contributed by atoms with Gasteiger partial charge in [-0.25, -0.2) is 13.8 Å². The van der Waals surface area contributed by atoms with Crippen molar-refractivity contribution in [3.63, 3.8) is 0 Å². The maximum atomic E-state index is 14.0. The van der Waals surface area contributed by atoms with E-state index in [0.29, 0.717) is 34.2 Å². The number of hydrogen-bond acceptors (Lipinski definition) is 9. The molecule has 0 radical (unpaired) electrons. The molecule has 2 aromatic carbocycles. The van der Waals surface area contributed by atoms with E-state index in [1.165, 1.54) is 23.9 Å². The molecule has 0 unspecified atom stereocenters. The van der Waals surface area contributed by atoms with Crippen LogP contribution in [0.3, 0.4) is 0 Å². The summed E-state index contributed by atoms with van der Waals surface area (Å²) in [6.07, 6.45) is 1.50. The van der Waals surface area contributed by atoms with Crippen molar-refractivity contribution < 1.29 is 18.3 Å². The van der Waals surface area contributed by atoms with Crippen molar-refractivity contribution in [2.45, 2.75) is 0 Å². The first-order valence-corrected chi connectivity index (χ1v) is 11.7. The third-order valence-corrected chi connectivity index (χ3v) is 5.92. The number of hydrogen-bond donors (Lipinski definition) is 2. The molecule has 0 saturated heterocycles. The third kappa shape index (κ3) is 5.59. The van der Waals surface area contributed by atoms with Crippen LogP contribution in [0.5, 0.6) is 17.2 Å². The number of anilines is 4. The van der Waals surface area contributed by atoms with Gasteiger partial charge in [-0.05, 0) is 38.4 Å². The minimum Gasteiger partial charge on any atom is -0.494 e. The highest BCUT2D eigenvalue weighted by Crippen LogP contribution is 2.36. The van der Waals surface area contributed by atoms with E-state index < -0.39 is 17.2 Å². The number of fused-ring (bicyclic) bond motifs is 1. The molecule has 0 aliphatic heterocycles. The van der Waals surface area contributed by atoms with Gasteiger partial charge in [0.25, 0.3) is 5.56 Å². The molecule has 10 nitrogen and oxygen atoms in total. The summed E-state index contributed by atoms with van der Waals surface area (Å²) in [5.74, 6) is -1.36. The molecule has 2 heterocycles. The molecule has 200 valence electrons. The zero-order chi connectivity index (χ0) is 27.6. The number of aromatic nitrogens is 3. The van der Waals surface area contributed by atoms with Crippen LogP contribution >= 0.6 is 0 Å². The second-order valence-corrected chi connectivity index (χ2v) is 8.98. The molecule has 3 N–H and O–H groups in total. The quantitative estimate of drug-likeness (QED) is 0.316. The van der Waals surface area contributed by atoms with Crippen LogP contribution in [0.1, 0.15) is 0 Å². The molecule has 4 aromatic rings. The monoisotopic (exact) mass is 525 g/mol. The Hall–Kier alpha value is -4.45. The van der Waals surface area contributed by atoms with E-state index in [1.54, 1.807) is 13.2 Å². The molecule has 0 atom stereocenters. The van der Waals surface area contributed by atoms with Gasteiger partial charge in [-0.1, -0.05) is 0 Å². The van der Waals surface area contributed by atoms with Crippen molar-refractivity contribution >= 4 is 34.0 Å². The number of aryl methyl sites for hydroxylation is 1. The van der Waals surface area contributed by atoms with E-state index in [-0.39, 0.29) is 17.4 Å². The molecule has 0 saturated carbocycles. The number of methoxy groups -OCH3 is 1. The molecule has 12 heteroatoms. The molecule has 0 fully saturated rings. The van der Waals surface area contributed by atoms with E-state index in [9.17, 15) is 13.6 Å². The molecular formula is C26H29F2N7O3. The van der Waals surface area contributed by atoms with Crippen LogP contribution in [0.15, 0.2) is 47.4 Å². The Kier molecular flexibility index (Phi) is 7.62. The number of benzene rings is 2. The van der Waals surface area contributed by atoms with Crippen molar-refractivity contribution in [2.24, 2.45) is 7.05 Å². The summed E-state index contributed by atoms with van der Waals surface area (Å²) >= 11 is 0. The van der Waals surface area contributed by atoms with Gasteiger partial charge in [-0.3, -0.25) is 9.36 Å². The van der Waals surface area contributed by atoms with Gasteiger partial charge in [0.05, 0.1) is 24.2 Å². The largest absolute Gasteiger partial charge is 0.494 e. The third-order valence-electron chi connectivity index (χ3n) is 5.92. The standard InChI is InChI=1S/C26H29F2N7O3/c1-33(2)8-9-34(3)20-13-22(37-5)19(12-18(20)29)31-26-30-14-15-10-23(25(36)35(4)24(15)32-26)38-21-7-6-16(27)11-17(21)28/h6-7,10-14H,8-9,29H2,1-5H3,(H,30,31,32). The first-order valence-electron chi connectivity index (χ1n) is 11.7. The van der Waals surface area contributed by atoms with E-state index in [4.69, 9.17) is 15.2 Å². The van der Waals surface area contributed by atoms with Gasteiger partial charge in [0.1, 0.15) is 17.2 Å². The fraction of sp³-hybridized carbons (Fsp3) is 0.269. The smallest absolute Gasteiger partial charge is 0.294 e. The number of rotatable bonds is 9. The van der Waals surface area contributed by atoms with Crippen molar-refractivity contribution in [1.29, 1.82) is 0 Å². The number of halogens is 2. The summed E-state index contributed by atoms with van der Waals surface area (Å²) in [7, 11) is 9.02. The van der Waals surface area contributed by atoms with Crippen LogP contribution < -0.4 is 31.0 Å². The number of nitrogens with one attached hydrogen (secondary N) is 1. The number of nitrogens with two attached hydrogens (primary N) is 1. The van der Waals surface area contributed by atoms with Gasteiger partial charge in [0, 0.05) is 50.9 Å². The fourth-order valence-corrected chi connectivity index (χ4v) is 3.80. The maximum Gasteiger partial charge on any atom is 0.294 e. The predicted octanol–water partition coefficient (Wildman–Crippen LogP) is 3.73. The van der Waals surface area contributed by atoms with Crippen LogP contribution in [0.2, 0.25) is 0 Å². The second kappa shape index (κ2) is 10.9. The molecule has 4 rings (SSSR count). The fourth-order valence-electron chi connectivity index (χ4n) is 3.80. The molecule has 0 spiro atoms. The summed E-state index contributed by atoms with van der Waals surface area (Å²) < 4.78 is 39.5. The normalized spacial score (nSPS) is 11.2. The average molecular weight is 526 g/mol. The molecule has 0 aliphatic rings. The van der Waals surface area contributed by atoms with Crippen molar-refractivity contribution in [3.8, 4) is 17.2 Å². The Labute approximate surface area is 218 Å². The first kappa shape index (κ1) is 26.6. The number of ether oxygens (including phenoxy) is 2. The van der Waals surface area contributed by atoms with Gasteiger partial charge in [0.15, 0.2) is 17.3 Å². The number of nitrogens with zero attached hydrogens (tertiary/aromatic N) is 5. The Morgan fingerprint density at radius 2 is 1.82 bits per heavy atom. The molecule has 0 bridgehead atoms. The number of pyridine rings is 1. The lowest BCUT2D eigenvalue weighted by atomic mass is 10.2. The minimum absolute atomic E-state index is 0.154. The van der Waals surface area contributed by atoms with E-state index in [0.717, 1.165) is 30.9 Å². The van der Waals surface area contributed by atoms with Crippen molar-refractivity contribution in [3.05, 3.63) is 64.6 Å². The lowest BCUT2D eigenvalue weighted by Crippen LogP contribution is -2.29. The highest BCUT2D eigenvalue weighted by molar-refractivity contribution is 5.81. The Bertz CT molecular complexity index is 1540. The van der Waals surface area contributed by atoms with Gasteiger partial charge in [-0.15, -0.1) is 0 Å². The topological polar surface area (TPSA) is 111 Å².